The van der Waals surface area contributed by atoms with Gasteiger partial charge in [-0.25, -0.2) is 9.97 Å². The molecule has 1 aromatic carbocycles. The summed E-state index contributed by atoms with van der Waals surface area (Å²) < 4.78 is 0. The van der Waals surface area contributed by atoms with E-state index in [0.29, 0.717) is 5.82 Å². The molecule has 27 heavy (non-hydrogen) atoms. The van der Waals surface area contributed by atoms with Gasteiger partial charge in [-0.3, -0.25) is 9.78 Å². The first-order valence-electron chi connectivity index (χ1n) is 9.01. The van der Waals surface area contributed by atoms with Gasteiger partial charge in [-0.05, 0) is 56.2 Å². The maximum atomic E-state index is 12.2. The predicted molar refractivity (Wildman–Crippen MR) is 106 cm³/mol. The van der Waals surface area contributed by atoms with Crippen LogP contribution in [-0.2, 0) is 4.79 Å². The second kappa shape index (κ2) is 7.15. The van der Waals surface area contributed by atoms with Crippen molar-refractivity contribution in [1.82, 2.24) is 15.0 Å². The fourth-order valence-corrected chi connectivity index (χ4v) is 2.91. The maximum absolute atomic E-state index is 12.2. The van der Waals surface area contributed by atoms with Gasteiger partial charge in [-0.1, -0.05) is 0 Å². The molecule has 1 amide bonds. The molecule has 1 N–H and O–H groups in total. The number of anilines is 3. The van der Waals surface area contributed by atoms with E-state index in [1.165, 1.54) is 0 Å². The Kier molecular flexibility index (Phi) is 4.54. The summed E-state index contributed by atoms with van der Waals surface area (Å²) in [5.41, 5.74) is 3.61. The smallest absolute Gasteiger partial charge is 0.229 e. The molecule has 6 nitrogen and oxygen atoms in total. The molecule has 3 aromatic rings. The van der Waals surface area contributed by atoms with E-state index in [1.807, 2.05) is 56.4 Å². The van der Waals surface area contributed by atoms with Crippen LogP contribution in [0, 0.1) is 12.8 Å². The summed E-state index contributed by atoms with van der Waals surface area (Å²) in [7, 11) is 1.83. The second-order valence-corrected chi connectivity index (χ2v) is 6.80. The van der Waals surface area contributed by atoms with E-state index in [-0.39, 0.29) is 11.8 Å². The first-order chi connectivity index (χ1) is 13.1. The van der Waals surface area contributed by atoms with Gasteiger partial charge in [-0.15, -0.1) is 0 Å². The zero-order valence-electron chi connectivity index (χ0n) is 15.4. The number of hydrogen-bond donors (Lipinski definition) is 1. The minimum atomic E-state index is 0.198. The van der Waals surface area contributed by atoms with Gasteiger partial charge in [0.15, 0.2) is 5.82 Å². The van der Waals surface area contributed by atoms with Crippen LogP contribution in [0.4, 0.5) is 17.2 Å². The van der Waals surface area contributed by atoms with Crippen molar-refractivity contribution in [2.45, 2.75) is 19.8 Å². The topological polar surface area (TPSA) is 71.0 Å². The lowest BCUT2D eigenvalue weighted by Crippen LogP contribution is -2.27. The molecule has 1 saturated carbocycles. The Morgan fingerprint density at radius 3 is 2.44 bits per heavy atom. The number of carbonyl (C=O) groups excluding carboxylic acids is 1. The lowest BCUT2D eigenvalue weighted by atomic mass is 10.2. The molecule has 0 unspecified atom stereocenters. The highest BCUT2D eigenvalue weighted by atomic mass is 16.2. The second-order valence-electron chi connectivity index (χ2n) is 6.80. The van der Waals surface area contributed by atoms with Crippen molar-refractivity contribution < 1.29 is 4.79 Å². The number of carbonyl (C=O) groups is 1. The van der Waals surface area contributed by atoms with Crippen LogP contribution in [0.15, 0.2) is 54.9 Å². The van der Waals surface area contributed by atoms with Gasteiger partial charge < -0.3 is 10.2 Å². The molecule has 6 heteroatoms. The molecule has 136 valence electrons. The molecule has 0 bridgehead atoms. The predicted octanol–water partition coefficient (Wildman–Crippen LogP) is 3.96. The molecule has 1 aliphatic rings. The van der Waals surface area contributed by atoms with Crippen LogP contribution in [0.3, 0.4) is 0 Å². The molecule has 0 spiro atoms. The molecule has 0 radical (unpaired) electrons. The summed E-state index contributed by atoms with van der Waals surface area (Å²) in [5.74, 6) is 1.79. The molecule has 1 fully saturated rings. The van der Waals surface area contributed by atoms with Crippen LogP contribution in [-0.4, -0.2) is 27.9 Å². The highest BCUT2D eigenvalue weighted by Crippen LogP contribution is 2.32. The normalized spacial score (nSPS) is 13.3. The Hall–Kier alpha value is -3.28. The summed E-state index contributed by atoms with van der Waals surface area (Å²) in [4.78, 5) is 27.1. The highest BCUT2D eigenvalue weighted by Gasteiger charge is 2.32. The van der Waals surface area contributed by atoms with Gasteiger partial charge in [0.2, 0.25) is 5.91 Å². The van der Waals surface area contributed by atoms with E-state index in [1.54, 1.807) is 17.3 Å². The number of benzene rings is 1. The van der Waals surface area contributed by atoms with Gasteiger partial charge in [0, 0.05) is 54.1 Å². The molecule has 0 saturated heterocycles. The lowest BCUT2D eigenvalue weighted by Gasteiger charge is -2.17. The van der Waals surface area contributed by atoms with Crippen LogP contribution in [0.5, 0.6) is 0 Å². The Balaban J connectivity index is 1.52. The number of hydrogen-bond acceptors (Lipinski definition) is 5. The number of pyridine rings is 1. The number of nitrogens with zero attached hydrogens (tertiary/aromatic N) is 4. The summed E-state index contributed by atoms with van der Waals surface area (Å²) in [6.07, 6.45) is 5.48. The van der Waals surface area contributed by atoms with Crippen molar-refractivity contribution in [3.63, 3.8) is 0 Å². The van der Waals surface area contributed by atoms with Crippen LogP contribution in [0.25, 0.3) is 11.4 Å². The fourth-order valence-electron chi connectivity index (χ4n) is 2.91. The average Bonchev–Trinajstić information content (AvgIpc) is 3.53. The van der Waals surface area contributed by atoms with Crippen LogP contribution >= 0.6 is 0 Å². The largest absolute Gasteiger partial charge is 0.340 e. The molecule has 1 aliphatic carbocycles. The van der Waals surface area contributed by atoms with Gasteiger partial charge in [0.25, 0.3) is 0 Å². The Labute approximate surface area is 158 Å². The molecular weight excluding hydrogens is 338 g/mol. The third kappa shape index (κ3) is 3.95. The monoisotopic (exact) mass is 359 g/mol. The third-order valence-electron chi connectivity index (χ3n) is 4.58. The van der Waals surface area contributed by atoms with E-state index >= 15 is 0 Å². The van der Waals surface area contributed by atoms with E-state index in [4.69, 9.17) is 0 Å². The van der Waals surface area contributed by atoms with Gasteiger partial charge in [0.05, 0.1) is 0 Å². The molecule has 0 atom stereocenters. The summed E-state index contributed by atoms with van der Waals surface area (Å²) in [5, 5.41) is 3.32. The van der Waals surface area contributed by atoms with Crippen molar-refractivity contribution >= 4 is 23.1 Å². The molecule has 4 rings (SSSR count). The third-order valence-corrected chi connectivity index (χ3v) is 4.58. The molecule has 2 aromatic heterocycles. The fraction of sp³-hybridized carbons (Fsp3) is 0.238. The van der Waals surface area contributed by atoms with Crippen molar-refractivity contribution in [2.24, 2.45) is 5.92 Å². The summed E-state index contributed by atoms with van der Waals surface area (Å²) in [6.45, 7) is 1.94. The number of nitrogens with one attached hydrogen (secondary N) is 1. The maximum Gasteiger partial charge on any atom is 0.229 e. The minimum Gasteiger partial charge on any atom is -0.340 e. The van der Waals surface area contributed by atoms with Crippen LogP contribution in [0.1, 0.15) is 18.5 Å². The quantitative estimate of drug-likeness (QED) is 0.746. The summed E-state index contributed by atoms with van der Waals surface area (Å²) >= 11 is 0. The number of aryl methyl sites for hydroxylation is 1. The number of aromatic nitrogens is 3. The first-order valence-corrected chi connectivity index (χ1v) is 9.01. The minimum absolute atomic E-state index is 0.198. The van der Waals surface area contributed by atoms with Crippen molar-refractivity contribution in [2.75, 3.05) is 17.3 Å². The average molecular weight is 359 g/mol. The number of amides is 1. The number of rotatable bonds is 5. The first kappa shape index (κ1) is 17.1. The van der Waals surface area contributed by atoms with Crippen molar-refractivity contribution in [3.05, 3.63) is 60.6 Å². The van der Waals surface area contributed by atoms with E-state index < -0.39 is 0 Å². The Bertz CT molecular complexity index is 952. The van der Waals surface area contributed by atoms with E-state index in [0.717, 1.165) is 41.3 Å². The van der Waals surface area contributed by atoms with Crippen molar-refractivity contribution in [3.8, 4) is 11.4 Å². The van der Waals surface area contributed by atoms with Crippen LogP contribution in [0.2, 0.25) is 0 Å². The van der Waals surface area contributed by atoms with Gasteiger partial charge >= 0.3 is 0 Å². The van der Waals surface area contributed by atoms with E-state index in [9.17, 15) is 4.79 Å². The summed E-state index contributed by atoms with van der Waals surface area (Å²) in [6, 6.07) is 13.5. The highest BCUT2D eigenvalue weighted by molar-refractivity contribution is 5.96. The SMILES string of the molecule is Cc1cc(Nc2ccc(N(C)C(=O)C3CC3)cc2)nc(-c2ccncc2)n1. The van der Waals surface area contributed by atoms with E-state index in [2.05, 4.69) is 20.3 Å². The standard InChI is InChI=1S/C21H21N5O/c1-14-13-19(25-20(23-14)15-9-11-22-12-10-15)24-17-5-7-18(8-6-17)26(2)21(27)16-3-4-16/h5-13,16H,3-4H2,1-2H3,(H,23,24,25). The van der Waals surface area contributed by atoms with Crippen molar-refractivity contribution in [1.29, 1.82) is 0 Å². The molecule has 2 heterocycles. The Morgan fingerprint density at radius 1 is 1.07 bits per heavy atom. The van der Waals surface area contributed by atoms with Crippen LogP contribution < -0.4 is 10.2 Å². The Morgan fingerprint density at radius 2 is 1.78 bits per heavy atom. The molecular formula is C21H21N5O. The zero-order chi connectivity index (χ0) is 18.8. The van der Waals surface area contributed by atoms with Gasteiger partial charge in [0.1, 0.15) is 5.82 Å². The lowest BCUT2D eigenvalue weighted by molar-refractivity contribution is -0.119. The van der Waals surface area contributed by atoms with Gasteiger partial charge in [-0.2, -0.15) is 0 Å². The zero-order valence-corrected chi connectivity index (χ0v) is 15.4. The molecule has 0 aliphatic heterocycles.